The first-order valence-electron chi connectivity index (χ1n) is 14.3. The third-order valence-corrected chi connectivity index (χ3v) is 5.81. The molecular formula is C32H44N4O8. The quantitative estimate of drug-likeness (QED) is 0.160. The normalized spacial score (nSPS) is 11.1. The Morgan fingerprint density at radius 1 is 0.909 bits per heavy atom. The van der Waals surface area contributed by atoms with E-state index in [-0.39, 0.29) is 23.2 Å². The number of carbonyl (C=O) groups is 7. The first-order valence-corrected chi connectivity index (χ1v) is 14.3. The minimum atomic E-state index is -1.34. The van der Waals surface area contributed by atoms with Crippen LogP contribution in [0, 0.1) is 20.8 Å². The van der Waals surface area contributed by atoms with Gasteiger partial charge in [-0.15, -0.1) is 0 Å². The third kappa shape index (κ3) is 11.8. The van der Waals surface area contributed by atoms with Gasteiger partial charge in [0, 0.05) is 12.5 Å². The Morgan fingerprint density at radius 2 is 1.45 bits per heavy atom. The number of carbonyl (C=O) groups excluding carboxylic acids is 6. The van der Waals surface area contributed by atoms with E-state index in [0.717, 1.165) is 10.5 Å². The number of Topliss-reactive ketones (excluding diaryl/α,β-unsaturated/α-hetero) is 1. The molecule has 12 nitrogen and oxygen atoms in total. The third-order valence-electron chi connectivity index (χ3n) is 5.81. The molecule has 240 valence electrons. The van der Waals surface area contributed by atoms with Crippen LogP contribution in [0.3, 0.4) is 0 Å². The Balaban J connectivity index is 0.00000443. The first kappa shape index (κ1) is 39.1. The average molecular weight is 613 g/mol. The number of aldehydes is 1. The molecule has 0 heterocycles. The lowest BCUT2D eigenvalue weighted by atomic mass is 9.96. The van der Waals surface area contributed by atoms with Crippen molar-refractivity contribution in [1.82, 2.24) is 10.6 Å². The fraction of sp³-hybridized carbons (Fsp3) is 0.406. The number of carboxylic acids is 1. The molecule has 2 rings (SSSR count). The van der Waals surface area contributed by atoms with E-state index in [1.165, 1.54) is 26.0 Å². The van der Waals surface area contributed by atoms with Crippen molar-refractivity contribution in [3.8, 4) is 0 Å². The number of para-hydroxylation sites is 2. The molecular weight excluding hydrogens is 568 g/mol. The molecule has 2 atom stereocenters. The molecule has 2 aromatic carbocycles. The number of anilines is 2. The molecule has 4 amide bonds. The van der Waals surface area contributed by atoms with Gasteiger partial charge in [-0.1, -0.05) is 57.5 Å². The van der Waals surface area contributed by atoms with E-state index < -0.39 is 60.4 Å². The summed E-state index contributed by atoms with van der Waals surface area (Å²) in [6, 6.07) is 6.95. The molecule has 4 N–H and O–H groups in total. The number of hydrogen-bond donors (Lipinski definition) is 4. The van der Waals surface area contributed by atoms with Gasteiger partial charge in [-0.2, -0.15) is 0 Å². The van der Waals surface area contributed by atoms with Crippen molar-refractivity contribution >= 4 is 53.0 Å². The molecule has 0 aliphatic heterocycles. The zero-order chi connectivity index (χ0) is 34.1. The summed E-state index contributed by atoms with van der Waals surface area (Å²) in [5.41, 5.74) is 2.61. The second kappa shape index (κ2) is 19.3. The first-order chi connectivity index (χ1) is 20.7. The van der Waals surface area contributed by atoms with Gasteiger partial charge in [-0.3, -0.25) is 33.7 Å². The Kier molecular flexibility index (Phi) is 17.2. The highest BCUT2D eigenvalue weighted by Gasteiger charge is 2.30. The molecule has 0 radical (unpaired) electrons. The predicted octanol–water partition coefficient (Wildman–Crippen LogP) is 3.50. The molecule has 0 saturated carbocycles. The minimum Gasteiger partial charge on any atom is -0.481 e. The summed E-state index contributed by atoms with van der Waals surface area (Å²) in [5.74, 6) is -5.32. The lowest BCUT2D eigenvalue weighted by molar-refractivity contribution is -0.139. The smallest absolute Gasteiger partial charge is 0.305 e. The van der Waals surface area contributed by atoms with E-state index in [4.69, 9.17) is 5.11 Å². The summed E-state index contributed by atoms with van der Waals surface area (Å²) < 4.78 is 0. The van der Waals surface area contributed by atoms with Gasteiger partial charge in [0.1, 0.15) is 18.9 Å². The summed E-state index contributed by atoms with van der Waals surface area (Å²) in [5, 5.41) is 16.1. The highest BCUT2D eigenvalue weighted by molar-refractivity contribution is 6.43. The zero-order valence-corrected chi connectivity index (χ0v) is 26.9. The van der Waals surface area contributed by atoms with Crippen LogP contribution in [-0.4, -0.2) is 65.4 Å². The van der Waals surface area contributed by atoms with Crippen molar-refractivity contribution in [3.63, 3.8) is 0 Å². The lowest BCUT2D eigenvalue weighted by Crippen LogP contribution is -2.52. The molecule has 0 aliphatic carbocycles. The number of benzene rings is 2. The second-order valence-corrected chi connectivity index (χ2v) is 9.33. The molecule has 0 bridgehead atoms. The fourth-order valence-corrected chi connectivity index (χ4v) is 4.21. The van der Waals surface area contributed by atoms with E-state index >= 15 is 0 Å². The number of amides is 4. The van der Waals surface area contributed by atoms with Crippen molar-refractivity contribution < 1.29 is 38.7 Å². The summed E-state index contributed by atoms with van der Waals surface area (Å²) in [6.45, 7) is 15.1. The van der Waals surface area contributed by atoms with Gasteiger partial charge in [-0.05, 0) is 51.0 Å². The van der Waals surface area contributed by atoms with Gasteiger partial charge >= 0.3 is 5.97 Å². The zero-order valence-electron chi connectivity index (χ0n) is 26.9. The average Bonchev–Trinajstić information content (AvgIpc) is 2.96. The van der Waals surface area contributed by atoms with Crippen LogP contribution in [0.15, 0.2) is 36.4 Å². The van der Waals surface area contributed by atoms with Crippen LogP contribution in [0.4, 0.5) is 11.4 Å². The lowest BCUT2D eigenvalue weighted by Gasteiger charge is -2.28. The molecule has 0 fully saturated rings. The largest absolute Gasteiger partial charge is 0.481 e. The number of nitrogens with zero attached hydrogens (tertiary/aromatic N) is 1. The molecule has 44 heavy (non-hydrogen) atoms. The maximum Gasteiger partial charge on any atom is 0.305 e. The second-order valence-electron chi connectivity index (χ2n) is 9.33. The van der Waals surface area contributed by atoms with Crippen LogP contribution >= 0.6 is 0 Å². The summed E-state index contributed by atoms with van der Waals surface area (Å²) >= 11 is 0. The van der Waals surface area contributed by atoms with Gasteiger partial charge in [0.25, 0.3) is 11.7 Å². The number of nitrogens with one attached hydrogen (secondary N) is 3. The Morgan fingerprint density at radius 3 is 1.95 bits per heavy atom. The number of ketones is 1. The number of aliphatic carboxylic acids is 1. The maximum absolute atomic E-state index is 13.6. The van der Waals surface area contributed by atoms with E-state index in [1.54, 1.807) is 38.1 Å². The van der Waals surface area contributed by atoms with Crippen molar-refractivity contribution in [2.75, 3.05) is 16.8 Å². The molecule has 0 spiro atoms. The monoisotopic (exact) mass is 612 g/mol. The topological polar surface area (TPSA) is 179 Å². The predicted molar refractivity (Wildman–Crippen MR) is 169 cm³/mol. The fourth-order valence-electron chi connectivity index (χ4n) is 4.21. The van der Waals surface area contributed by atoms with Crippen LogP contribution in [0.2, 0.25) is 0 Å². The minimum absolute atomic E-state index is 0.0939. The van der Waals surface area contributed by atoms with Crippen LogP contribution in [0.25, 0.3) is 0 Å². The standard InChI is InChI=1S/C28H32N4O8.2C2H6/c1-15-10-16(2)25(17(3)11-15)26(38)27(39)29-18(4)28(40)32(13-23(35)31-20(14-33)12-24(36)37)22-9-7-6-8-21(22)30-19(5)34;2*1-2/h6-11,14,18,20H,12-13H2,1-5H3,(H,29,39)(H,30,34)(H,31,35)(H,36,37);2*1-2H3. The maximum atomic E-state index is 13.6. The molecule has 12 heteroatoms. The van der Waals surface area contributed by atoms with Gasteiger partial charge in [0.15, 0.2) is 0 Å². The summed E-state index contributed by atoms with van der Waals surface area (Å²) in [4.78, 5) is 87.1. The van der Waals surface area contributed by atoms with Crippen molar-refractivity contribution in [1.29, 1.82) is 0 Å². The molecule has 0 aromatic heterocycles. The van der Waals surface area contributed by atoms with E-state index in [2.05, 4.69) is 16.0 Å². The number of carboxylic acid groups (broad SMARTS) is 1. The van der Waals surface area contributed by atoms with Gasteiger partial charge in [-0.25, -0.2) is 0 Å². The van der Waals surface area contributed by atoms with Crippen molar-refractivity contribution in [2.45, 2.75) is 80.8 Å². The Bertz CT molecular complexity index is 1330. The van der Waals surface area contributed by atoms with Gasteiger partial charge in [0.2, 0.25) is 17.7 Å². The Labute approximate surface area is 258 Å². The van der Waals surface area contributed by atoms with Crippen molar-refractivity contribution in [3.05, 3.63) is 58.7 Å². The molecule has 0 saturated heterocycles. The Hall–Kier alpha value is -4.87. The number of aryl methyl sites for hydroxylation is 3. The van der Waals surface area contributed by atoms with Crippen LogP contribution in [0.1, 0.15) is 75.0 Å². The highest BCUT2D eigenvalue weighted by Crippen LogP contribution is 2.26. The van der Waals surface area contributed by atoms with Gasteiger partial charge in [0.05, 0.1) is 23.8 Å². The van der Waals surface area contributed by atoms with Gasteiger partial charge < -0.3 is 25.9 Å². The number of hydrogen-bond acceptors (Lipinski definition) is 7. The van der Waals surface area contributed by atoms with Crippen LogP contribution in [0.5, 0.6) is 0 Å². The van der Waals surface area contributed by atoms with E-state index in [9.17, 15) is 33.6 Å². The van der Waals surface area contributed by atoms with Crippen molar-refractivity contribution in [2.24, 2.45) is 0 Å². The van der Waals surface area contributed by atoms with Crippen LogP contribution in [-0.2, 0) is 28.8 Å². The summed E-state index contributed by atoms with van der Waals surface area (Å²) in [6.07, 6.45) is -0.412. The molecule has 2 aromatic rings. The summed E-state index contributed by atoms with van der Waals surface area (Å²) in [7, 11) is 0. The van der Waals surface area contributed by atoms with E-state index in [1.807, 2.05) is 34.6 Å². The molecule has 0 aliphatic rings. The molecule has 2 unspecified atom stereocenters. The SMILES string of the molecule is CC.CC.CC(=O)Nc1ccccc1N(CC(=O)NC(C=O)CC(=O)O)C(=O)C(C)NC(=O)C(=O)c1c(C)cc(C)cc1C. The number of rotatable bonds is 12. The van der Waals surface area contributed by atoms with E-state index in [0.29, 0.717) is 11.1 Å². The van der Waals surface area contributed by atoms with Crippen LogP contribution < -0.4 is 20.9 Å². The highest BCUT2D eigenvalue weighted by atomic mass is 16.4.